The highest BCUT2D eigenvalue weighted by molar-refractivity contribution is 5.84. The van der Waals surface area contributed by atoms with Crippen LogP contribution in [0.1, 0.15) is 64.7 Å². The lowest BCUT2D eigenvalue weighted by Crippen LogP contribution is -2.63. The summed E-state index contributed by atoms with van der Waals surface area (Å²) < 4.78 is 0. The SMILES string of the molecule is CC1(C(=O)NC23CC4CC(CC(C4)C2)C3)CCCC1N. The Kier molecular flexibility index (Phi) is 2.77. The van der Waals surface area contributed by atoms with Gasteiger partial charge in [-0.1, -0.05) is 6.42 Å². The molecule has 0 heterocycles. The molecule has 0 saturated heterocycles. The molecule has 0 aromatic rings. The van der Waals surface area contributed by atoms with Crippen LogP contribution in [-0.4, -0.2) is 17.5 Å². The molecule has 0 aromatic carbocycles. The van der Waals surface area contributed by atoms with Crippen LogP contribution in [0.5, 0.6) is 0 Å². The van der Waals surface area contributed by atoms with E-state index < -0.39 is 0 Å². The van der Waals surface area contributed by atoms with E-state index in [2.05, 4.69) is 12.2 Å². The molecule has 5 aliphatic carbocycles. The molecule has 5 fully saturated rings. The molecular weight excluding hydrogens is 248 g/mol. The fourth-order valence-corrected chi connectivity index (χ4v) is 6.12. The largest absolute Gasteiger partial charge is 0.350 e. The summed E-state index contributed by atoms with van der Waals surface area (Å²) in [6.07, 6.45) is 11.0. The van der Waals surface area contributed by atoms with Crippen molar-refractivity contribution in [3.63, 3.8) is 0 Å². The predicted molar refractivity (Wildman–Crippen MR) is 79.0 cm³/mol. The molecule has 3 heteroatoms. The molecule has 4 bridgehead atoms. The van der Waals surface area contributed by atoms with Crippen LogP contribution in [0, 0.1) is 23.2 Å². The zero-order valence-electron chi connectivity index (χ0n) is 12.7. The molecule has 1 amide bonds. The molecule has 0 radical (unpaired) electrons. The van der Waals surface area contributed by atoms with E-state index in [9.17, 15) is 4.79 Å². The lowest BCUT2D eigenvalue weighted by atomic mass is 9.53. The predicted octanol–water partition coefficient (Wildman–Crippen LogP) is 2.59. The van der Waals surface area contributed by atoms with Gasteiger partial charge in [0.25, 0.3) is 0 Å². The molecule has 3 N–H and O–H groups in total. The average molecular weight is 276 g/mol. The standard InChI is InChI=1S/C17H28N2O/c1-16(4-2-3-14(16)18)15(20)19-17-8-11-5-12(9-17)7-13(6-11)10-17/h11-14H,2-10,18H2,1H3,(H,19,20). The summed E-state index contributed by atoms with van der Waals surface area (Å²) in [5, 5.41) is 3.52. The van der Waals surface area contributed by atoms with Crippen LogP contribution in [0.15, 0.2) is 0 Å². The van der Waals surface area contributed by atoms with Gasteiger partial charge in [-0.05, 0) is 76.0 Å². The van der Waals surface area contributed by atoms with Crippen molar-refractivity contribution >= 4 is 5.91 Å². The van der Waals surface area contributed by atoms with Crippen LogP contribution in [-0.2, 0) is 4.79 Å². The first-order valence-corrected chi connectivity index (χ1v) is 8.57. The number of rotatable bonds is 2. The van der Waals surface area contributed by atoms with Gasteiger partial charge in [0.15, 0.2) is 0 Å². The number of carbonyl (C=O) groups excluding carboxylic acids is 1. The van der Waals surface area contributed by atoms with Crippen molar-refractivity contribution in [1.29, 1.82) is 0 Å². The van der Waals surface area contributed by atoms with Crippen molar-refractivity contribution in [1.82, 2.24) is 5.32 Å². The average Bonchev–Trinajstić information content (AvgIpc) is 2.68. The lowest BCUT2D eigenvalue weighted by molar-refractivity contribution is -0.136. The Bertz CT molecular complexity index is 397. The monoisotopic (exact) mass is 276 g/mol. The maximum Gasteiger partial charge on any atom is 0.227 e. The zero-order valence-corrected chi connectivity index (χ0v) is 12.7. The first kappa shape index (κ1) is 13.1. The highest BCUT2D eigenvalue weighted by atomic mass is 16.2. The second-order valence-corrected chi connectivity index (χ2v) is 8.57. The molecule has 5 aliphatic rings. The number of nitrogens with two attached hydrogens (primary N) is 1. The normalized spacial score (nSPS) is 53.3. The fourth-order valence-electron chi connectivity index (χ4n) is 6.12. The number of amides is 1. The Morgan fingerprint density at radius 3 is 2.10 bits per heavy atom. The van der Waals surface area contributed by atoms with E-state index in [4.69, 9.17) is 5.73 Å². The molecular formula is C17H28N2O. The number of carbonyl (C=O) groups is 1. The molecule has 2 atom stereocenters. The second kappa shape index (κ2) is 4.22. The molecule has 5 saturated carbocycles. The maximum atomic E-state index is 12.9. The molecule has 0 aromatic heterocycles. The first-order valence-electron chi connectivity index (χ1n) is 8.57. The van der Waals surface area contributed by atoms with Gasteiger partial charge in [0.2, 0.25) is 5.91 Å². The smallest absolute Gasteiger partial charge is 0.227 e. The van der Waals surface area contributed by atoms with Crippen molar-refractivity contribution in [2.24, 2.45) is 28.9 Å². The van der Waals surface area contributed by atoms with Gasteiger partial charge >= 0.3 is 0 Å². The summed E-state index contributed by atoms with van der Waals surface area (Å²) in [6, 6.07) is 0.0522. The minimum atomic E-state index is -0.316. The highest BCUT2D eigenvalue weighted by Crippen LogP contribution is 2.56. The Balaban J connectivity index is 1.53. The van der Waals surface area contributed by atoms with Crippen LogP contribution in [0.3, 0.4) is 0 Å². The van der Waals surface area contributed by atoms with Gasteiger partial charge in [-0.3, -0.25) is 4.79 Å². The van der Waals surface area contributed by atoms with Gasteiger partial charge in [-0.2, -0.15) is 0 Å². The fraction of sp³-hybridized carbons (Fsp3) is 0.941. The quantitative estimate of drug-likeness (QED) is 0.814. The third kappa shape index (κ3) is 1.85. The number of hydrogen-bond acceptors (Lipinski definition) is 2. The van der Waals surface area contributed by atoms with E-state index in [-0.39, 0.29) is 22.9 Å². The summed E-state index contributed by atoms with van der Waals surface area (Å²) in [5.74, 6) is 2.90. The summed E-state index contributed by atoms with van der Waals surface area (Å²) in [6.45, 7) is 2.08. The Hall–Kier alpha value is -0.570. The minimum absolute atomic E-state index is 0.0522. The second-order valence-electron chi connectivity index (χ2n) is 8.57. The first-order chi connectivity index (χ1) is 9.49. The van der Waals surface area contributed by atoms with Crippen molar-refractivity contribution in [3.8, 4) is 0 Å². The van der Waals surface area contributed by atoms with E-state index in [1.807, 2.05) is 0 Å². The van der Waals surface area contributed by atoms with E-state index in [1.165, 1.54) is 38.5 Å². The van der Waals surface area contributed by atoms with Gasteiger partial charge in [0, 0.05) is 11.6 Å². The Morgan fingerprint density at radius 2 is 1.65 bits per heavy atom. The van der Waals surface area contributed by atoms with E-state index in [0.717, 1.165) is 37.0 Å². The van der Waals surface area contributed by atoms with Gasteiger partial charge < -0.3 is 11.1 Å². The van der Waals surface area contributed by atoms with Crippen LogP contribution in [0.2, 0.25) is 0 Å². The van der Waals surface area contributed by atoms with Crippen LogP contribution in [0.4, 0.5) is 0 Å². The third-order valence-corrected chi connectivity index (χ3v) is 6.97. The third-order valence-electron chi connectivity index (χ3n) is 6.97. The van der Waals surface area contributed by atoms with Gasteiger partial charge in [0.1, 0.15) is 0 Å². The molecule has 20 heavy (non-hydrogen) atoms. The van der Waals surface area contributed by atoms with E-state index in [1.54, 1.807) is 0 Å². The van der Waals surface area contributed by atoms with Crippen LogP contribution in [0.25, 0.3) is 0 Å². The molecule has 0 spiro atoms. The molecule has 2 unspecified atom stereocenters. The molecule has 0 aliphatic heterocycles. The highest BCUT2D eigenvalue weighted by Gasteiger charge is 2.53. The van der Waals surface area contributed by atoms with Crippen molar-refractivity contribution < 1.29 is 4.79 Å². The van der Waals surface area contributed by atoms with Crippen molar-refractivity contribution in [3.05, 3.63) is 0 Å². The summed E-state index contributed by atoms with van der Waals surface area (Å²) in [7, 11) is 0. The molecule has 5 rings (SSSR count). The Morgan fingerprint density at radius 1 is 1.10 bits per heavy atom. The van der Waals surface area contributed by atoms with Gasteiger partial charge in [0.05, 0.1) is 5.41 Å². The van der Waals surface area contributed by atoms with Crippen molar-refractivity contribution in [2.45, 2.75) is 76.3 Å². The molecule has 3 nitrogen and oxygen atoms in total. The van der Waals surface area contributed by atoms with Gasteiger partial charge in [-0.25, -0.2) is 0 Å². The number of hydrogen-bond donors (Lipinski definition) is 2. The van der Waals surface area contributed by atoms with Crippen LogP contribution < -0.4 is 11.1 Å². The van der Waals surface area contributed by atoms with E-state index >= 15 is 0 Å². The summed E-state index contributed by atoms with van der Waals surface area (Å²) >= 11 is 0. The Labute approximate surface area is 122 Å². The number of nitrogens with one attached hydrogen (secondary N) is 1. The summed E-state index contributed by atoms with van der Waals surface area (Å²) in [4.78, 5) is 12.9. The minimum Gasteiger partial charge on any atom is -0.350 e. The van der Waals surface area contributed by atoms with Crippen molar-refractivity contribution in [2.75, 3.05) is 0 Å². The van der Waals surface area contributed by atoms with Gasteiger partial charge in [-0.15, -0.1) is 0 Å². The van der Waals surface area contributed by atoms with Crippen LogP contribution >= 0.6 is 0 Å². The maximum absolute atomic E-state index is 12.9. The lowest BCUT2D eigenvalue weighted by Gasteiger charge is -2.57. The topological polar surface area (TPSA) is 55.1 Å². The zero-order chi connectivity index (χ0) is 14.0. The summed E-state index contributed by atoms with van der Waals surface area (Å²) in [5.41, 5.74) is 6.04. The van der Waals surface area contributed by atoms with E-state index in [0.29, 0.717) is 0 Å². The molecule has 112 valence electrons.